The van der Waals surface area contributed by atoms with Gasteiger partial charge in [-0.15, -0.1) is 11.3 Å². The van der Waals surface area contributed by atoms with Crippen molar-refractivity contribution in [3.05, 3.63) is 53.0 Å². The zero-order valence-corrected chi connectivity index (χ0v) is 15.2. The highest BCUT2D eigenvalue weighted by Crippen LogP contribution is 2.32. The van der Waals surface area contributed by atoms with Gasteiger partial charge in [-0.3, -0.25) is 9.89 Å². The average Bonchev–Trinajstić information content (AvgIpc) is 3.26. The van der Waals surface area contributed by atoms with Gasteiger partial charge in [-0.1, -0.05) is 31.5 Å². The topological polar surface area (TPSA) is 67.0 Å². The number of carbonyl (C=O) groups excluding carboxylic acids is 1. The van der Waals surface area contributed by atoms with Crippen LogP contribution in [-0.4, -0.2) is 23.2 Å². The lowest BCUT2D eigenvalue weighted by Gasteiger charge is -2.08. The van der Waals surface area contributed by atoms with Gasteiger partial charge in [0.1, 0.15) is 11.4 Å². The molecule has 25 heavy (non-hydrogen) atoms. The second kappa shape index (κ2) is 7.98. The van der Waals surface area contributed by atoms with Gasteiger partial charge in [-0.25, -0.2) is 0 Å². The van der Waals surface area contributed by atoms with Crippen molar-refractivity contribution in [3.63, 3.8) is 0 Å². The summed E-state index contributed by atoms with van der Waals surface area (Å²) in [6, 6.07) is 11.5. The summed E-state index contributed by atoms with van der Waals surface area (Å²) in [5.41, 5.74) is 3.51. The van der Waals surface area contributed by atoms with Crippen LogP contribution in [0.5, 0.6) is 5.75 Å². The van der Waals surface area contributed by atoms with E-state index >= 15 is 0 Å². The highest BCUT2D eigenvalue weighted by atomic mass is 32.1. The van der Waals surface area contributed by atoms with Crippen LogP contribution in [-0.2, 0) is 17.6 Å². The number of rotatable bonds is 7. The molecular weight excluding hydrogens is 334 g/mol. The quantitative estimate of drug-likeness (QED) is 0.665. The van der Waals surface area contributed by atoms with E-state index < -0.39 is 0 Å². The molecule has 2 N–H and O–H groups in total. The monoisotopic (exact) mass is 355 g/mol. The summed E-state index contributed by atoms with van der Waals surface area (Å²) in [6.45, 7) is 2.11. The van der Waals surface area contributed by atoms with E-state index in [0.717, 1.165) is 46.1 Å². The molecule has 0 unspecified atom stereocenters. The Morgan fingerprint density at radius 2 is 2.08 bits per heavy atom. The van der Waals surface area contributed by atoms with Crippen molar-refractivity contribution < 1.29 is 9.53 Å². The van der Waals surface area contributed by atoms with Crippen LogP contribution in [0.25, 0.3) is 10.6 Å². The SMILES string of the molecule is CCCc1[nH]nc(-c2cccs2)c1NC(=O)Cc1ccc(OC)cc1. The Kier molecular flexibility index (Phi) is 5.50. The summed E-state index contributed by atoms with van der Waals surface area (Å²) in [5, 5.41) is 12.5. The van der Waals surface area contributed by atoms with Gasteiger partial charge in [0, 0.05) is 0 Å². The number of anilines is 1. The number of hydrogen-bond acceptors (Lipinski definition) is 4. The lowest BCUT2D eigenvalue weighted by molar-refractivity contribution is -0.115. The van der Waals surface area contributed by atoms with Crippen LogP contribution in [0.15, 0.2) is 41.8 Å². The first-order valence-electron chi connectivity index (χ1n) is 8.25. The predicted octanol–water partition coefficient (Wildman–Crippen LogP) is 4.28. The summed E-state index contributed by atoms with van der Waals surface area (Å²) >= 11 is 1.61. The lowest BCUT2D eigenvalue weighted by atomic mass is 10.1. The molecule has 3 aromatic rings. The van der Waals surface area contributed by atoms with E-state index in [2.05, 4.69) is 22.4 Å². The number of nitrogens with zero attached hydrogens (tertiary/aromatic N) is 1. The van der Waals surface area contributed by atoms with Crippen LogP contribution in [0.3, 0.4) is 0 Å². The van der Waals surface area contributed by atoms with Gasteiger partial charge in [-0.2, -0.15) is 5.10 Å². The largest absolute Gasteiger partial charge is 0.497 e. The third-order valence-electron chi connectivity index (χ3n) is 3.88. The maximum atomic E-state index is 12.5. The summed E-state index contributed by atoms with van der Waals surface area (Å²) < 4.78 is 5.15. The zero-order valence-electron chi connectivity index (χ0n) is 14.3. The molecule has 0 radical (unpaired) electrons. The molecule has 3 rings (SSSR count). The molecule has 0 bridgehead atoms. The van der Waals surface area contributed by atoms with Crippen LogP contribution in [0.4, 0.5) is 5.69 Å². The molecule has 0 aliphatic heterocycles. The van der Waals surface area contributed by atoms with Gasteiger partial charge in [0.25, 0.3) is 0 Å². The molecule has 0 atom stereocenters. The van der Waals surface area contributed by atoms with E-state index in [9.17, 15) is 4.79 Å². The van der Waals surface area contributed by atoms with E-state index in [1.165, 1.54) is 0 Å². The Bertz CT molecular complexity index is 823. The molecule has 1 aromatic carbocycles. The number of nitrogens with one attached hydrogen (secondary N) is 2. The Morgan fingerprint density at radius 1 is 1.28 bits per heavy atom. The lowest BCUT2D eigenvalue weighted by Crippen LogP contribution is -2.15. The molecular formula is C19H21N3O2S. The maximum absolute atomic E-state index is 12.5. The van der Waals surface area contributed by atoms with Crippen molar-refractivity contribution in [2.45, 2.75) is 26.2 Å². The zero-order chi connectivity index (χ0) is 17.6. The number of methoxy groups -OCH3 is 1. The van der Waals surface area contributed by atoms with E-state index in [4.69, 9.17) is 4.74 Å². The van der Waals surface area contributed by atoms with Gasteiger partial charge in [0.05, 0.1) is 29.8 Å². The molecule has 0 saturated heterocycles. The first kappa shape index (κ1) is 17.2. The fourth-order valence-corrected chi connectivity index (χ4v) is 3.37. The Morgan fingerprint density at radius 3 is 2.72 bits per heavy atom. The van der Waals surface area contributed by atoms with E-state index in [1.54, 1.807) is 18.4 Å². The summed E-state index contributed by atoms with van der Waals surface area (Å²) in [7, 11) is 1.63. The van der Waals surface area contributed by atoms with Crippen LogP contribution in [0, 0.1) is 0 Å². The number of thiophene rings is 1. The van der Waals surface area contributed by atoms with Gasteiger partial charge in [0.2, 0.25) is 5.91 Å². The minimum absolute atomic E-state index is 0.0540. The molecule has 0 aliphatic rings. The fraction of sp³-hybridized carbons (Fsp3) is 0.263. The predicted molar refractivity (Wildman–Crippen MR) is 101 cm³/mol. The number of carbonyl (C=O) groups is 1. The third kappa shape index (κ3) is 4.09. The van der Waals surface area contributed by atoms with Gasteiger partial charge >= 0.3 is 0 Å². The second-order valence-electron chi connectivity index (χ2n) is 5.73. The second-order valence-corrected chi connectivity index (χ2v) is 6.67. The number of aromatic nitrogens is 2. The molecule has 6 heteroatoms. The number of H-pyrrole nitrogens is 1. The van der Waals surface area contributed by atoms with Gasteiger partial charge in [-0.05, 0) is 35.6 Å². The number of benzene rings is 1. The number of aryl methyl sites for hydroxylation is 1. The minimum atomic E-state index is -0.0540. The van der Waals surface area contributed by atoms with Gasteiger partial charge < -0.3 is 10.1 Å². The molecule has 130 valence electrons. The molecule has 5 nitrogen and oxygen atoms in total. The normalized spacial score (nSPS) is 10.6. The summed E-state index contributed by atoms with van der Waals surface area (Å²) in [4.78, 5) is 13.6. The number of hydrogen-bond donors (Lipinski definition) is 2. The summed E-state index contributed by atoms with van der Waals surface area (Å²) in [5.74, 6) is 0.728. The van der Waals surface area contributed by atoms with Gasteiger partial charge in [0.15, 0.2) is 0 Å². The Hall–Kier alpha value is -2.60. The van der Waals surface area contributed by atoms with Crippen molar-refractivity contribution in [3.8, 4) is 16.3 Å². The first-order valence-corrected chi connectivity index (χ1v) is 9.13. The fourth-order valence-electron chi connectivity index (χ4n) is 2.65. The number of aromatic amines is 1. The van der Waals surface area contributed by atoms with E-state index in [0.29, 0.717) is 6.42 Å². The Labute approximate surface area is 151 Å². The van der Waals surface area contributed by atoms with Crippen LogP contribution in [0.2, 0.25) is 0 Å². The van der Waals surface area contributed by atoms with Crippen LogP contribution in [0.1, 0.15) is 24.6 Å². The van der Waals surface area contributed by atoms with E-state index in [1.807, 2.05) is 41.8 Å². The first-order chi connectivity index (χ1) is 12.2. The van der Waals surface area contributed by atoms with E-state index in [-0.39, 0.29) is 5.91 Å². The molecule has 1 amide bonds. The van der Waals surface area contributed by atoms with Crippen molar-refractivity contribution in [1.82, 2.24) is 10.2 Å². The molecule has 2 heterocycles. The highest BCUT2D eigenvalue weighted by Gasteiger charge is 2.17. The Balaban J connectivity index is 1.78. The van der Waals surface area contributed by atoms with Crippen molar-refractivity contribution in [2.24, 2.45) is 0 Å². The van der Waals surface area contributed by atoms with Crippen molar-refractivity contribution in [2.75, 3.05) is 12.4 Å². The minimum Gasteiger partial charge on any atom is -0.497 e. The molecule has 0 saturated carbocycles. The van der Waals surface area contributed by atoms with Crippen LogP contribution >= 0.6 is 11.3 Å². The molecule has 0 fully saturated rings. The molecule has 0 aliphatic carbocycles. The maximum Gasteiger partial charge on any atom is 0.228 e. The average molecular weight is 355 g/mol. The highest BCUT2D eigenvalue weighted by molar-refractivity contribution is 7.13. The molecule has 2 aromatic heterocycles. The summed E-state index contributed by atoms with van der Waals surface area (Å²) in [6.07, 6.45) is 2.13. The smallest absolute Gasteiger partial charge is 0.228 e. The van der Waals surface area contributed by atoms with Crippen molar-refractivity contribution in [1.29, 1.82) is 0 Å². The number of amides is 1. The standard InChI is InChI=1S/C19H21N3O2S/c1-3-5-15-18(19(22-21-15)16-6-4-11-25-16)20-17(23)12-13-7-9-14(24-2)10-8-13/h4,6-11H,3,5,12H2,1-2H3,(H,20,23)(H,21,22). The van der Waals surface area contributed by atoms with Crippen LogP contribution < -0.4 is 10.1 Å². The molecule has 0 spiro atoms. The number of ether oxygens (including phenoxy) is 1. The van der Waals surface area contributed by atoms with Crippen molar-refractivity contribution >= 4 is 22.9 Å². The third-order valence-corrected chi connectivity index (χ3v) is 4.76.